The molecule has 2 rings (SSSR count). The van der Waals surface area contributed by atoms with Gasteiger partial charge in [-0.1, -0.05) is 11.6 Å². The first-order valence-electron chi connectivity index (χ1n) is 5.11. The third-order valence-electron chi connectivity index (χ3n) is 2.42. The summed E-state index contributed by atoms with van der Waals surface area (Å²) >= 11 is 5.79. The second-order valence-electron chi connectivity index (χ2n) is 3.62. The fraction of sp³-hybridized carbons (Fsp3) is 0.250. The van der Waals surface area contributed by atoms with E-state index in [-0.39, 0.29) is 5.78 Å². The van der Waals surface area contributed by atoms with E-state index < -0.39 is 0 Å². The topological polar surface area (TPSA) is 52.3 Å². The molecule has 0 aliphatic carbocycles. The van der Waals surface area contributed by atoms with Gasteiger partial charge in [0.2, 0.25) is 5.78 Å². The lowest BCUT2D eigenvalue weighted by Gasteiger charge is -2.13. The number of benzene rings is 1. The van der Waals surface area contributed by atoms with E-state index >= 15 is 0 Å². The number of carbonyl (C=O) groups is 1. The number of nitrogens with two attached hydrogens (primary N) is 1. The Morgan fingerprint density at radius 1 is 1.44 bits per heavy atom. The highest BCUT2D eigenvalue weighted by molar-refractivity contribution is 6.33. The van der Waals surface area contributed by atoms with Crippen molar-refractivity contribution < 1.29 is 9.53 Å². The third-order valence-corrected chi connectivity index (χ3v) is 2.76. The van der Waals surface area contributed by atoms with Gasteiger partial charge < -0.3 is 10.5 Å². The Labute approximate surface area is 98.8 Å². The summed E-state index contributed by atoms with van der Waals surface area (Å²) in [7, 11) is 0. The molecule has 16 heavy (non-hydrogen) atoms. The maximum Gasteiger partial charge on any atom is 0.227 e. The van der Waals surface area contributed by atoms with Gasteiger partial charge in [-0.3, -0.25) is 4.79 Å². The van der Waals surface area contributed by atoms with Crippen LogP contribution in [0.25, 0.3) is 0 Å². The van der Waals surface area contributed by atoms with Gasteiger partial charge in [0.25, 0.3) is 0 Å². The zero-order valence-electron chi connectivity index (χ0n) is 8.70. The molecule has 0 saturated heterocycles. The number of allylic oxidation sites excluding steroid dienone is 2. The summed E-state index contributed by atoms with van der Waals surface area (Å²) in [6, 6.07) is 4.84. The minimum atomic E-state index is -0.136. The van der Waals surface area contributed by atoms with Crippen LogP contribution in [0.1, 0.15) is 23.2 Å². The number of hydrogen-bond donors (Lipinski definition) is 1. The Hall–Kier alpha value is -1.48. The van der Waals surface area contributed by atoms with Crippen LogP contribution in [0.2, 0.25) is 5.02 Å². The summed E-state index contributed by atoms with van der Waals surface area (Å²) in [6.45, 7) is 0.598. The summed E-state index contributed by atoms with van der Waals surface area (Å²) in [5.74, 6) is 0.274. The van der Waals surface area contributed by atoms with Crippen LogP contribution < -0.4 is 5.73 Å². The summed E-state index contributed by atoms with van der Waals surface area (Å²) in [5.41, 5.74) is 6.56. The normalized spacial score (nSPS) is 15.2. The minimum absolute atomic E-state index is 0.136. The van der Waals surface area contributed by atoms with Crippen molar-refractivity contribution in [3.8, 4) is 0 Å². The smallest absolute Gasteiger partial charge is 0.227 e. The molecule has 0 saturated carbocycles. The van der Waals surface area contributed by atoms with Crippen LogP contribution in [-0.4, -0.2) is 12.4 Å². The number of halogens is 1. The van der Waals surface area contributed by atoms with Crippen molar-refractivity contribution in [1.82, 2.24) is 0 Å². The zero-order valence-corrected chi connectivity index (χ0v) is 9.46. The first-order valence-corrected chi connectivity index (χ1v) is 5.49. The first kappa shape index (κ1) is 11.0. The number of rotatable bonds is 2. The van der Waals surface area contributed by atoms with E-state index in [1.54, 1.807) is 18.2 Å². The Morgan fingerprint density at radius 3 is 2.88 bits per heavy atom. The molecule has 84 valence electrons. The largest absolute Gasteiger partial charge is 0.490 e. The highest BCUT2D eigenvalue weighted by Gasteiger charge is 2.16. The lowest BCUT2D eigenvalue weighted by molar-refractivity contribution is 0.0899. The van der Waals surface area contributed by atoms with Gasteiger partial charge in [0.05, 0.1) is 17.3 Å². The molecular weight excluding hydrogens is 226 g/mol. The Bertz CT molecular complexity index is 454. The van der Waals surface area contributed by atoms with Crippen LogP contribution in [0.5, 0.6) is 0 Å². The van der Waals surface area contributed by atoms with E-state index in [1.807, 2.05) is 6.08 Å². The quantitative estimate of drug-likeness (QED) is 0.636. The van der Waals surface area contributed by atoms with Gasteiger partial charge in [0.1, 0.15) is 0 Å². The maximum absolute atomic E-state index is 12.0. The fourth-order valence-electron chi connectivity index (χ4n) is 1.54. The molecule has 0 fully saturated rings. The van der Waals surface area contributed by atoms with Crippen molar-refractivity contribution in [3.63, 3.8) is 0 Å². The molecule has 1 heterocycles. The minimum Gasteiger partial charge on any atom is -0.490 e. The summed E-state index contributed by atoms with van der Waals surface area (Å²) in [5, 5.41) is 0.454. The van der Waals surface area contributed by atoms with Crippen LogP contribution in [0.4, 0.5) is 5.69 Å². The van der Waals surface area contributed by atoms with Crippen LogP contribution in [0, 0.1) is 0 Å². The van der Waals surface area contributed by atoms with Crippen LogP contribution in [0.15, 0.2) is 30.0 Å². The Morgan fingerprint density at radius 2 is 2.25 bits per heavy atom. The number of nitrogen functional groups attached to an aromatic ring is 1. The summed E-state index contributed by atoms with van der Waals surface area (Å²) < 4.78 is 5.30. The number of anilines is 1. The third kappa shape index (κ3) is 2.19. The molecule has 3 nitrogen and oxygen atoms in total. The van der Waals surface area contributed by atoms with Crippen molar-refractivity contribution in [1.29, 1.82) is 0 Å². The molecule has 1 aromatic rings. The second kappa shape index (κ2) is 4.58. The molecule has 0 aromatic heterocycles. The molecule has 0 radical (unpaired) electrons. The molecule has 4 heteroatoms. The highest BCUT2D eigenvalue weighted by Crippen LogP contribution is 2.22. The Balaban J connectivity index is 2.26. The molecule has 0 amide bonds. The van der Waals surface area contributed by atoms with Gasteiger partial charge in [-0.05, 0) is 37.1 Å². The molecule has 0 atom stereocenters. The van der Waals surface area contributed by atoms with Crippen molar-refractivity contribution in [3.05, 3.63) is 40.6 Å². The van der Waals surface area contributed by atoms with Crippen molar-refractivity contribution in [2.24, 2.45) is 0 Å². The number of ketones is 1. The van der Waals surface area contributed by atoms with E-state index in [2.05, 4.69) is 0 Å². The lowest BCUT2D eigenvalue weighted by atomic mass is 10.1. The van der Waals surface area contributed by atoms with E-state index in [0.717, 1.165) is 12.8 Å². The van der Waals surface area contributed by atoms with Crippen LogP contribution in [0.3, 0.4) is 0 Å². The fourth-order valence-corrected chi connectivity index (χ4v) is 1.66. The van der Waals surface area contributed by atoms with Crippen molar-refractivity contribution >= 4 is 23.1 Å². The molecule has 2 N–H and O–H groups in total. The van der Waals surface area contributed by atoms with Crippen molar-refractivity contribution in [2.45, 2.75) is 12.8 Å². The summed E-state index contributed by atoms with van der Waals surface area (Å²) in [4.78, 5) is 12.0. The van der Waals surface area contributed by atoms with Gasteiger partial charge in [0, 0.05) is 5.56 Å². The van der Waals surface area contributed by atoms with Gasteiger partial charge >= 0.3 is 0 Å². The van der Waals surface area contributed by atoms with Gasteiger partial charge in [-0.2, -0.15) is 0 Å². The first-order chi connectivity index (χ1) is 7.68. The molecule has 0 spiro atoms. The molecule has 1 aliphatic heterocycles. The number of carbonyl (C=O) groups excluding carboxylic acids is 1. The van der Waals surface area contributed by atoms with Gasteiger partial charge in [-0.15, -0.1) is 0 Å². The average Bonchev–Trinajstić information content (AvgIpc) is 2.33. The summed E-state index contributed by atoms with van der Waals surface area (Å²) in [6.07, 6.45) is 3.65. The lowest BCUT2D eigenvalue weighted by Crippen LogP contribution is -2.11. The maximum atomic E-state index is 12.0. The van der Waals surface area contributed by atoms with E-state index in [9.17, 15) is 4.79 Å². The monoisotopic (exact) mass is 237 g/mol. The van der Waals surface area contributed by atoms with Crippen LogP contribution in [-0.2, 0) is 4.74 Å². The van der Waals surface area contributed by atoms with E-state index in [0.29, 0.717) is 28.6 Å². The zero-order chi connectivity index (χ0) is 11.5. The van der Waals surface area contributed by atoms with Gasteiger partial charge in [0.15, 0.2) is 5.76 Å². The molecule has 0 unspecified atom stereocenters. The standard InChI is InChI=1S/C12H12ClNO2/c13-9-5-4-8(7-10(9)14)12(15)11-3-1-2-6-16-11/h3-5,7H,1-2,6,14H2. The molecular formula is C12H12ClNO2. The Kier molecular flexibility index (Phi) is 3.15. The second-order valence-corrected chi connectivity index (χ2v) is 4.03. The number of Topliss-reactive ketones (excluding diaryl/α,β-unsaturated/α-hetero) is 1. The SMILES string of the molecule is Nc1cc(C(=O)C2=CCCCO2)ccc1Cl. The average molecular weight is 238 g/mol. The number of hydrogen-bond acceptors (Lipinski definition) is 3. The molecule has 0 bridgehead atoms. The highest BCUT2D eigenvalue weighted by atomic mass is 35.5. The number of ether oxygens (including phenoxy) is 1. The molecule has 1 aliphatic rings. The predicted octanol–water partition coefficient (Wildman–Crippen LogP) is 2.80. The molecule has 1 aromatic carbocycles. The van der Waals surface area contributed by atoms with E-state index in [4.69, 9.17) is 22.1 Å². The van der Waals surface area contributed by atoms with Crippen molar-refractivity contribution in [2.75, 3.05) is 12.3 Å². The van der Waals surface area contributed by atoms with E-state index in [1.165, 1.54) is 0 Å². The predicted molar refractivity (Wildman–Crippen MR) is 63.5 cm³/mol. The van der Waals surface area contributed by atoms with Gasteiger partial charge in [-0.25, -0.2) is 0 Å². The van der Waals surface area contributed by atoms with Crippen LogP contribution >= 0.6 is 11.6 Å².